The molecule has 2 amide bonds. The average Bonchev–Trinajstić information content (AvgIpc) is 2.77. The summed E-state index contributed by atoms with van der Waals surface area (Å²) in [6.07, 6.45) is 2.26. The fourth-order valence-electron chi connectivity index (χ4n) is 4.55. The van der Waals surface area contributed by atoms with E-state index in [2.05, 4.69) is 12.2 Å². The van der Waals surface area contributed by atoms with E-state index in [-0.39, 0.29) is 37.1 Å². The Balaban J connectivity index is 1.97. The van der Waals surface area contributed by atoms with Crippen LogP contribution in [0.1, 0.15) is 65.4 Å². The lowest BCUT2D eigenvalue weighted by Gasteiger charge is -2.36. The highest BCUT2D eigenvalue weighted by Crippen LogP contribution is 2.34. The first-order chi connectivity index (χ1) is 15.9. The van der Waals surface area contributed by atoms with Crippen molar-refractivity contribution in [1.29, 1.82) is 0 Å². The predicted octanol–water partition coefficient (Wildman–Crippen LogP) is 2.71. The van der Waals surface area contributed by atoms with Crippen LogP contribution < -0.4 is 16.0 Å². The van der Waals surface area contributed by atoms with Gasteiger partial charge in [0.15, 0.2) is 0 Å². The third kappa shape index (κ3) is 7.81. The Kier molecular flexibility index (Phi) is 10.1. The van der Waals surface area contributed by atoms with Gasteiger partial charge < -0.3 is 26.2 Å². The van der Waals surface area contributed by atoms with Gasteiger partial charge in [-0.05, 0) is 42.7 Å². The van der Waals surface area contributed by atoms with Crippen molar-refractivity contribution in [3.63, 3.8) is 0 Å². The van der Waals surface area contributed by atoms with E-state index in [0.29, 0.717) is 19.4 Å². The second kappa shape index (κ2) is 12.3. The second-order valence-corrected chi connectivity index (χ2v) is 10.4. The van der Waals surface area contributed by atoms with Gasteiger partial charge in [0, 0.05) is 37.2 Å². The summed E-state index contributed by atoms with van der Waals surface area (Å²) >= 11 is 0. The number of aliphatic hydroxyl groups is 1. The molecule has 2 rings (SSSR count). The van der Waals surface area contributed by atoms with Crippen molar-refractivity contribution in [2.75, 3.05) is 18.0 Å². The molecule has 1 aromatic carbocycles. The Labute approximate surface area is 202 Å². The zero-order valence-electron chi connectivity index (χ0n) is 20.9. The number of carbonyl (C=O) groups excluding carboxylic acids is 2. The first-order valence-corrected chi connectivity index (χ1v) is 12.3. The molecule has 190 valence electrons. The minimum atomic E-state index is -0.912. The standard InChI is InChI=1S/C26H41N3O5/c1-5-6-11-28-24(32)17(2)12-22(30)20(27)14-26(3,4)15-23(31)29-16-19(25(33)34)13-18-9-7-8-10-21(18)29/h7-10,17,19-20,22,30H,5-6,11-16,27H2,1-4H3,(H,28,32)(H,33,34)/t17-,19?,20+,22+/m1/s1. The smallest absolute Gasteiger partial charge is 0.308 e. The van der Waals surface area contributed by atoms with Crippen LogP contribution in [-0.2, 0) is 20.8 Å². The van der Waals surface area contributed by atoms with Crippen LogP contribution in [0.3, 0.4) is 0 Å². The molecule has 1 aliphatic heterocycles. The fraction of sp³-hybridized carbons (Fsp3) is 0.654. The highest BCUT2D eigenvalue weighted by Gasteiger charge is 2.35. The molecule has 0 bridgehead atoms. The van der Waals surface area contributed by atoms with E-state index in [1.54, 1.807) is 11.8 Å². The lowest BCUT2D eigenvalue weighted by Crippen LogP contribution is -2.45. The summed E-state index contributed by atoms with van der Waals surface area (Å²) in [7, 11) is 0. The molecule has 0 fully saturated rings. The minimum absolute atomic E-state index is 0.0918. The summed E-state index contributed by atoms with van der Waals surface area (Å²) in [5.74, 6) is -2.17. The SMILES string of the molecule is CCCCNC(=O)[C@H](C)C[C@H](O)[C@@H](N)CC(C)(C)CC(=O)N1CC(C(=O)O)Cc2ccccc21. The van der Waals surface area contributed by atoms with Gasteiger partial charge in [-0.2, -0.15) is 0 Å². The zero-order valence-corrected chi connectivity index (χ0v) is 20.9. The number of fused-ring (bicyclic) bond motifs is 1. The molecule has 4 atom stereocenters. The molecule has 0 aromatic heterocycles. The van der Waals surface area contributed by atoms with Gasteiger partial charge in [-0.15, -0.1) is 0 Å². The van der Waals surface area contributed by atoms with Crippen molar-refractivity contribution in [2.45, 2.75) is 78.4 Å². The van der Waals surface area contributed by atoms with Gasteiger partial charge in [0.05, 0.1) is 12.0 Å². The molecule has 8 heteroatoms. The van der Waals surface area contributed by atoms with E-state index < -0.39 is 29.4 Å². The number of aliphatic hydroxyl groups excluding tert-OH is 1. The summed E-state index contributed by atoms with van der Waals surface area (Å²) in [6, 6.07) is 6.81. The van der Waals surface area contributed by atoms with Crippen molar-refractivity contribution < 1.29 is 24.6 Å². The van der Waals surface area contributed by atoms with E-state index in [1.807, 2.05) is 38.1 Å². The number of carboxylic acid groups (broad SMARTS) is 1. The number of carbonyl (C=O) groups is 3. The maximum atomic E-state index is 13.3. The molecule has 0 saturated heterocycles. The molecule has 8 nitrogen and oxygen atoms in total. The second-order valence-electron chi connectivity index (χ2n) is 10.4. The number of rotatable bonds is 12. The van der Waals surface area contributed by atoms with Crippen molar-refractivity contribution >= 4 is 23.5 Å². The maximum absolute atomic E-state index is 13.3. The van der Waals surface area contributed by atoms with Gasteiger partial charge >= 0.3 is 5.97 Å². The number of hydrogen-bond acceptors (Lipinski definition) is 5. The Morgan fingerprint density at radius 2 is 1.94 bits per heavy atom. The quantitative estimate of drug-likeness (QED) is 0.344. The first-order valence-electron chi connectivity index (χ1n) is 12.3. The molecule has 0 saturated carbocycles. The van der Waals surface area contributed by atoms with E-state index in [9.17, 15) is 24.6 Å². The molecule has 34 heavy (non-hydrogen) atoms. The van der Waals surface area contributed by atoms with Crippen molar-refractivity contribution in [3.05, 3.63) is 29.8 Å². The molecular weight excluding hydrogens is 434 g/mol. The predicted molar refractivity (Wildman–Crippen MR) is 132 cm³/mol. The number of carboxylic acids is 1. The Morgan fingerprint density at radius 3 is 2.59 bits per heavy atom. The highest BCUT2D eigenvalue weighted by molar-refractivity contribution is 5.96. The largest absolute Gasteiger partial charge is 0.481 e. The van der Waals surface area contributed by atoms with Gasteiger partial charge in [-0.3, -0.25) is 14.4 Å². The summed E-state index contributed by atoms with van der Waals surface area (Å²) in [5.41, 5.74) is 7.37. The lowest BCUT2D eigenvalue weighted by molar-refractivity contribution is -0.141. The van der Waals surface area contributed by atoms with Gasteiger partial charge in [0.1, 0.15) is 0 Å². The van der Waals surface area contributed by atoms with Crippen LogP contribution in [0.25, 0.3) is 0 Å². The van der Waals surface area contributed by atoms with Crippen LogP contribution in [0.2, 0.25) is 0 Å². The molecular formula is C26H41N3O5. The van der Waals surface area contributed by atoms with Crippen LogP contribution in [-0.4, -0.2) is 53.2 Å². The Hall–Kier alpha value is -2.45. The van der Waals surface area contributed by atoms with Crippen LogP contribution in [0.15, 0.2) is 24.3 Å². The zero-order chi connectivity index (χ0) is 25.5. The molecule has 1 aliphatic rings. The number of nitrogens with zero attached hydrogens (tertiary/aromatic N) is 1. The number of benzene rings is 1. The van der Waals surface area contributed by atoms with E-state index >= 15 is 0 Å². The molecule has 5 N–H and O–H groups in total. The Bertz CT molecular complexity index is 857. The summed E-state index contributed by atoms with van der Waals surface area (Å²) in [4.78, 5) is 38.7. The van der Waals surface area contributed by atoms with Crippen LogP contribution in [0, 0.1) is 17.3 Å². The normalized spacial score (nSPS) is 18.5. The number of unbranched alkanes of at least 4 members (excludes halogenated alkanes) is 1. The van der Waals surface area contributed by atoms with Gasteiger partial charge in [0.2, 0.25) is 11.8 Å². The number of amides is 2. The molecule has 0 radical (unpaired) electrons. The molecule has 0 spiro atoms. The molecule has 1 unspecified atom stereocenters. The monoisotopic (exact) mass is 475 g/mol. The number of anilines is 1. The maximum Gasteiger partial charge on any atom is 0.308 e. The summed E-state index contributed by atoms with van der Waals surface area (Å²) in [6.45, 7) is 8.43. The molecule has 0 aliphatic carbocycles. The van der Waals surface area contributed by atoms with Crippen LogP contribution >= 0.6 is 0 Å². The topological polar surface area (TPSA) is 133 Å². The average molecular weight is 476 g/mol. The van der Waals surface area contributed by atoms with Gasteiger partial charge in [0.25, 0.3) is 0 Å². The van der Waals surface area contributed by atoms with Crippen molar-refractivity contribution in [1.82, 2.24) is 5.32 Å². The highest BCUT2D eigenvalue weighted by atomic mass is 16.4. The third-order valence-electron chi connectivity index (χ3n) is 6.59. The van der Waals surface area contributed by atoms with Gasteiger partial charge in [-0.25, -0.2) is 0 Å². The number of aliphatic carboxylic acids is 1. The number of nitrogens with two attached hydrogens (primary N) is 1. The van der Waals surface area contributed by atoms with Crippen LogP contribution in [0.4, 0.5) is 5.69 Å². The van der Waals surface area contributed by atoms with E-state index in [0.717, 1.165) is 24.1 Å². The van der Waals surface area contributed by atoms with E-state index in [1.165, 1.54) is 0 Å². The van der Waals surface area contributed by atoms with Gasteiger partial charge in [-0.1, -0.05) is 52.3 Å². The first kappa shape index (κ1) is 27.8. The van der Waals surface area contributed by atoms with E-state index in [4.69, 9.17) is 5.73 Å². The Morgan fingerprint density at radius 1 is 1.26 bits per heavy atom. The summed E-state index contributed by atoms with van der Waals surface area (Å²) < 4.78 is 0. The van der Waals surface area contributed by atoms with Crippen LogP contribution in [0.5, 0.6) is 0 Å². The minimum Gasteiger partial charge on any atom is -0.481 e. The third-order valence-corrected chi connectivity index (χ3v) is 6.59. The summed E-state index contributed by atoms with van der Waals surface area (Å²) in [5, 5.41) is 23.0. The molecule has 1 heterocycles. The lowest BCUT2D eigenvalue weighted by atomic mass is 9.79. The fourth-order valence-corrected chi connectivity index (χ4v) is 4.55. The van der Waals surface area contributed by atoms with Crippen molar-refractivity contribution in [3.8, 4) is 0 Å². The number of para-hydroxylation sites is 1. The number of hydrogen-bond donors (Lipinski definition) is 4. The molecule has 1 aromatic rings. The number of nitrogens with one attached hydrogen (secondary N) is 1. The van der Waals surface area contributed by atoms with Crippen molar-refractivity contribution in [2.24, 2.45) is 23.0 Å².